The Labute approximate surface area is 156 Å². The highest BCUT2D eigenvalue weighted by Crippen LogP contribution is 2.23. The average Bonchev–Trinajstić information content (AvgIpc) is 2.58. The first-order chi connectivity index (χ1) is 12.1. The van der Waals surface area contributed by atoms with Crippen molar-refractivity contribution >= 4 is 25.7 Å². The summed E-state index contributed by atoms with van der Waals surface area (Å²) in [6.07, 6.45) is 1.80. The molecule has 142 valence electrons. The number of anilines is 1. The van der Waals surface area contributed by atoms with Gasteiger partial charge < -0.3 is 0 Å². The van der Waals surface area contributed by atoms with Gasteiger partial charge in [0.25, 0.3) is 0 Å². The van der Waals surface area contributed by atoms with Crippen molar-refractivity contribution in [3.05, 3.63) is 59.7 Å². The number of hydrogen-bond donors (Lipinski definition) is 1. The van der Waals surface area contributed by atoms with Crippen molar-refractivity contribution in [2.75, 3.05) is 23.7 Å². The molecule has 2 aromatic rings. The zero-order valence-corrected chi connectivity index (χ0v) is 16.8. The molecular formula is C18H24N2O4S2. The molecule has 1 N–H and O–H groups in total. The normalized spacial score (nSPS) is 12.1. The molecule has 2 aromatic carbocycles. The van der Waals surface area contributed by atoms with Gasteiger partial charge in [0.2, 0.25) is 20.0 Å². The maximum atomic E-state index is 12.4. The molecule has 6 nitrogen and oxygen atoms in total. The molecule has 2 rings (SSSR count). The van der Waals surface area contributed by atoms with E-state index in [0.717, 1.165) is 17.4 Å². The summed E-state index contributed by atoms with van der Waals surface area (Å²) in [6, 6.07) is 13.7. The van der Waals surface area contributed by atoms with Crippen LogP contribution in [0.5, 0.6) is 0 Å². The van der Waals surface area contributed by atoms with Crippen molar-refractivity contribution in [2.45, 2.75) is 25.2 Å². The number of nitrogens with zero attached hydrogens (tertiary/aromatic N) is 1. The number of hydrogen-bond acceptors (Lipinski definition) is 4. The zero-order chi connectivity index (χ0) is 19.4. The number of sulfonamides is 2. The monoisotopic (exact) mass is 396 g/mol. The number of benzene rings is 2. The third-order valence-corrected chi connectivity index (χ3v) is 6.64. The summed E-state index contributed by atoms with van der Waals surface area (Å²) in [5.74, 6) is 0. The Hall–Kier alpha value is -1.90. The Bertz CT molecular complexity index is 953. The van der Waals surface area contributed by atoms with Gasteiger partial charge in [-0.3, -0.25) is 4.31 Å². The lowest BCUT2D eigenvalue weighted by Gasteiger charge is -2.24. The number of nitrogens with one attached hydrogen (secondary N) is 1. The van der Waals surface area contributed by atoms with Crippen LogP contribution in [0.2, 0.25) is 0 Å². The summed E-state index contributed by atoms with van der Waals surface area (Å²) < 4.78 is 52.8. The number of aryl methyl sites for hydroxylation is 2. The van der Waals surface area contributed by atoms with E-state index in [2.05, 4.69) is 4.72 Å². The second-order valence-corrected chi connectivity index (χ2v) is 9.70. The first-order valence-electron chi connectivity index (χ1n) is 8.27. The molecule has 0 aliphatic carbocycles. The van der Waals surface area contributed by atoms with E-state index in [1.54, 1.807) is 24.3 Å². The smallest absolute Gasteiger partial charge is 0.240 e. The highest BCUT2D eigenvalue weighted by molar-refractivity contribution is 7.92. The Morgan fingerprint density at radius 3 is 2.15 bits per heavy atom. The van der Waals surface area contributed by atoms with E-state index in [4.69, 9.17) is 0 Å². The molecule has 0 aromatic heterocycles. The molecule has 0 radical (unpaired) electrons. The predicted octanol–water partition coefficient (Wildman–Crippen LogP) is 2.30. The minimum absolute atomic E-state index is 0.0148. The molecule has 0 unspecified atom stereocenters. The maximum absolute atomic E-state index is 12.4. The zero-order valence-electron chi connectivity index (χ0n) is 15.1. The second-order valence-electron chi connectivity index (χ2n) is 6.03. The van der Waals surface area contributed by atoms with Crippen LogP contribution in [-0.4, -0.2) is 36.2 Å². The molecule has 0 bridgehead atoms. The van der Waals surface area contributed by atoms with Crippen LogP contribution >= 0.6 is 0 Å². The molecule has 0 atom stereocenters. The molecule has 0 saturated carbocycles. The van der Waals surface area contributed by atoms with Crippen LogP contribution in [0.4, 0.5) is 5.69 Å². The number of para-hydroxylation sites is 1. The number of rotatable bonds is 8. The molecule has 0 saturated heterocycles. The molecule has 0 fully saturated rings. The molecule has 0 spiro atoms. The molecular weight excluding hydrogens is 372 g/mol. The second kappa shape index (κ2) is 8.20. The largest absolute Gasteiger partial charge is 0.269 e. The van der Waals surface area contributed by atoms with E-state index in [1.165, 1.54) is 16.4 Å². The van der Waals surface area contributed by atoms with Gasteiger partial charge in [-0.25, -0.2) is 21.6 Å². The SMILES string of the molecule is CCc1ccccc1N(CCNS(=O)(=O)c1ccc(C)cc1)S(C)(=O)=O. The van der Waals surface area contributed by atoms with E-state index in [0.29, 0.717) is 12.1 Å². The fourth-order valence-corrected chi connectivity index (χ4v) is 4.58. The Balaban J connectivity index is 2.17. The molecule has 0 aliphatic rings. The molecule has 0 amide bonds. The standard InChI is InChI=1S/C18H24N2O4S2/c1-4-16-7-5-6-8-18(16)20(25(3,21)22)14-13-19-26(23,24)17-11-9-15(2)10-12-17/h5-12,19H,4,13-14H2,1-3H3. The van der Waals surface area contributed by atoms with Crippen molar-refractivity contribution in [2.24, 2.45) is 0 Å². The van der Waals surface area contributed by atoms with Crippen molar-refractivity contribution in [1.82, 2.24) is 4.72 Å². The quantitative estimate of drug-likeness (QED) is 0.742. The van der Waals surface area contributed by atoms with Crippen LogP contribution in [0.1, 0.15) is 18.1 Å². The Kier molecular flexibility index (Phi) is 6.44. The van der Waals surface area contributed by atoms with E-state index < -0.39 is 20.0 Å². The average molecular weight is 397 g/mol. The topological polar surface area (TPSA) is 83.6 Å². The van der Waals surface area contributed by atoms with Gasteiger partial charge in [-0.2, -0.15) is 0 Å². The van der Waals surface area contributed by atoms with Gasteiger partial charge in [0.15, 0.2) is 0 Å². The minimum Gasteiger partial charge on any atom is -0.269 e. The summed E-state index contributed by atoms with van der Waals surface area (Å²) in [6.45, 7) is 3.81. The van der Waals surface area contributed by atoms with Crippen molar-refractivity contribution in [3.63, 3.8) is 0 Å². The molecule has 26 heavy (non-hydrogen) atoms. The lowest BCUT2D eigenvalue weighted by Crippen LogP contribution is -2.38. The van der Waals surface area contributed by atoms with E-state index in [1.807, 2.05) is 26.0 Å². The highest BCUT2D eigenvalue weighted by atomic mass is 32.2. The minimum atomic E-state index is -3.69. The van der Waals surface area contributed by atoms with E-state index >= 15 is 0 Å². The predicted molar refractivity (Wildman–Crippen MR) is 104 cm³/mol. The molecule has 0 aliphatic heterocycles. The Morgan fingerprint density at radius 1 is 0.962 bits per heavy atom. The summed E-state index contributed by atoms with van der Waals surface area (Å²) >= 11 is 0. The lowest BCUT2D eigenvalue weighted by molar-refractivity contribution is 0.578. The highest BCUT2D eigenvalue weighted by Gasteiger charge is 2.21. The lowest BCUT2D eigenvalue weighted by atomic mass is 10.1. The first kappa shape index (κ1) is 20.4. The van der Waals surface area contributed by atoms with Crippen LogP contribution in [0, 0.1) is 6.92 Å². The molecule has 0 heterocycles. The van der Waals surface area contributed by atoms with Crippen LogP contribution in [0.25, 0.3) is 0 Å². The van der Waals surface area contributed by atoms with Crippen molar-refractivity contribution < 1.29 is 16.8 Å². The van der Waals surface area contributed by atoms with Crippen LogP contribution in [0.3, 0.4) is 0 Å². The summed E-state index contributed by atoms with van der Waals surface area (Å²) in [5.41, 5.74) is 2.43. The van der Waals surface area contributed by atoms with Crippen LogP contribution in [0.15, 0.2) is 53.4 Å². The van der Waals surface area contributed by atoms with Gasteiger partial charge in [0.1, 0.15) is 0 Å². The Morgan fingerprint density at radius 2 is 1.58 bits per heavy atom. The van der Waals surface area contributed by atoms with Gasteiger partial charge in [-0.15, -0.1) is 0 Å². The van der Waals surface area contributed by atoms with E-state index in [9.17, 15) is 16.8 Å². The van der Waals surface area contributed by atoms with E-state index in [-0.39, 0.29) is 18.0 Å². The van der Waals surface area contributed by atoms with Gasteiger partial charge in [-0.05, 0) is 37.1 Å². The third kappa shape index (κ3) is 5.06. The maximum Gasteiger partial charge on any atom is 0.240 e. The summed E-state index contributed by atoms with van der Waals surface area (Å²) in [7, 11) is -7.23. The van der Waals surface area contributed by atoms with Gasteiger partial charge in [0.05, 0.1) is 16.8 Å². The van der Waals surface area contributed by atoms with Crippen LogP contribution < -0.4 is 9.03 Å². The summed E-state index contributed by atoms with van der Waals surface area (Å²) in [5, 5.41) is 0. The fourth-order valence-electron chi connectivity index (χ4n) is 2.60. The fraction of sp³-hybridized carbons (Fsp3) is 0.333. The third-order valence-electron chi connectivity index (χ3n) is 3.98. The van der Waals surface area contributed by atoms with Crippen molar-refractivity contribution in [3.8, 4) is 0 Å². The van der Waals surface area contributed by atoms with Gasteiger partial charge >= 0.3 is 0 Å². The van der Waals surface area contributed by atoms with Crippen molar-refractivity contribution in [1.29, 1.82) is 0 Å². The van der Waals surface area contributed by atoms with Crippen LogP contribution in [-0.2, 0) is 26.5 Å². The van der Waals surface area contributed by atoms with Gasteiger partial charge in [0, 0.05) is 13.1 Å². The molecule has 8 heteroatoms. The first-order valence-corrected chi connectivity index (χ1v) is 11.6. The van der Waals surface area contributed by atoms with Gasteiger partial charge in [-0.1, -0.05) is 42.8 Å². The summed E-state index contributed by atoms with van der Waals surface area (Å²) in [4.78, 5) is 0.156.